The zero-order valence-corrected chi connectivity index (χ0v) is 17.2. The molecule has 6 nitrogen and oxygen atoms in total. The molecule has 0 spiro atoms. The number of hydrogen-bond acceptors (Lipinski definition) is 4. The lowest BCUT2D eigenvalue weighted by atomic mass is 10.1. The van der Waals surface area contributed by atoms with Crippen molar-refractivity contribution in [3.8, 4) is 0 Å². The lowest BCUT2D eigenvalue weighted by Crippen LogP contribution is -2.28. The molecule has 0 unspecified atom stereocenters. The maximum Gasteiger partial charge on any atom is 0.270 e. The highest BCUT2D eigenvalue weighted by molar-refractivity contribution is 5.92. The molecule has 2 N–H and O–H groups in total. The van der Waals surface area contributed by atoms with Crippen molar-refractivity contribution in [3.63, 3.8) is 0 Å². The molecule has 0 saturated heterocycles. The topological polar surface area (TPSA) is 73.9 Å². The molecule has 0 atom stereocenters. The van der Waals surface area contributed by atoms with Gasteiger partial charge in [-0.05, 0) is 36.6 Å². The maximum absolute atomic E-state index is 12.7. The Morgan fingerprint density at radius 2 is 1.83 bits per heavy atom. The summed E-state index contributed by atoms with van der Waals surface area (Å²) in [6.07, 6.45) is 2.75. The molecule has 0 saturated carbocycles. The van der Waals surface area contributed by atoms with Gasteiger partial charge >= 0.3 is 0 Å². The molecule has 0 aliphatic heterocycles. The number of aryl methyl sites for hydroxylation is 1. The Balaban J connectivity index is 1.41. The molecule has 30 heavy (non-hydrogen) atoms. The van der Waals surface area contributed by atoms with Gasteiger partial charge in [-0.25, -0.2) is 9.97 Å². The van der Waals surface area contributed by atoms with E-state index in [4.69, 9.17) is 0 Å². The second-order valence-corrected chi connectivity index (χ2v) is 7.40. The van der Waals surface area contributed by atoms with Crippen molar-refractivity contribution >= 4 is 22.8 Å². The minimum absolute atomic E-state index is 0.185. The Labute approximate surface area is 176 Å². The van der Waals surface area contributed by atoms with Crippen LogP contribution in [0.4, 0.5) is 5.95 Å². The fourth-order valence-electron chi connectivity index (χ4n) is 3.51. The highest BCUT2D eigenvalue weighted by Gasteiger charge is 2.13. The van der Waals surface area contributed by atoms with Crippen LogP contribution < -0.4 is 10.2 Å². The minimum atomic E-state index is -0.185. The number of hydrogen-bond donors (Lipinski definition) is 2. The highest BCUT2D eigenvalue weighted by Crippen LogP contribution is 2.18. The van der Waals surface area contributed by atoms with Crippen molar-refractivity contribution in [3.05, 3.63) is 89.4 Å². The number of carbonyl (C=O) groups is 1. The summed E-state index contributed by atoms with van der Waals surface area (Å²) in [6.45, 7) is 3.09. The normalized spacial score (nSPS) is 10.9. The van der Waals surface area contributed by atoms with Gasteiger partial charge < -0.3 is 15.2 Å². The predicted molar refractivity (Wildman–Crippen MR) is 120 cm³/mol. The van der Waals surface area contributed by atoms with Crippen LogP contribution in [-0.2, 0) is 13.0 Å². The number of aromatic nitrogens is 3. The van der Waals surface area contributed by atoms with Gasteiger partial charge in [0.2, 0.25) is 5.95 Å². The number of nitrogens with zero attached hydrogens (tertiary/aromatic N) is 3. The number of aromatic amines is 1. The Bertz CT molecular complexity index is 1150. The van der Waals surface area contributed by atoms with Crippen molar-refractivity contribution in [2.24, 2.45) is 0 Å². The van der Waals surface area contributed by atoms with Crippen LogP contribution in [0, 0.1) is 6.92 Å². The standard InChI is InChI=1S/C24H25N5O/c1-17-14-22(28-24(27-17)29(2)16-18-8-4-3-5-9-18)23(30)25-13-12-19-15-26-21-11-7-6-10-20(19)21/h3-11,14-15,26H,12-13,16H2,1-2H3,(H,25,30). The Hall–Kier alpha value is -3.67. The first kappa shape index (κ1) is 19.6. The van der Waals surface area contributed by atoms with E-state index >= 15 is 0 Å². The summed E-state index contributed by atoms with van der Waals surface area (Å²) in [5.74, 6) is 0.357. The van der Waals surface area contributed by atoms with Gasteiger partial charge in [0, 0.05) is 42.9 Å². The van der Waals surface area contributed by atoms with Crippen LogP contribution in [-0.4, -0.2) is 34.5 Å². The van der Waals surface area contributed by atoms with Crippen molar-refractivity contribution in [1.82, 2.24) is 20.3 Å². The Morgan fingerprint density at radius 1 is 1.07 bits per heavy atom. The van der Waals surface area contributed by atoms with E-state index in [1.807, 2.05) is 55.4 Å². The second kappa shape index (κ2) is 8.78. The summed E-state index contributed by atoms with van der Waals surface area (Å²) < 4.78 is 0. The third kappa shape index (κ3) is 4.49. The third-order valence-electron chi connectivity index (χ3n) is 5.03. The lowest BCUT2D eigenvalue weighted by Gasteiger charge is -2.18. The molecule has 2 heterocycles. The van der Waals surface area contributed by atoms with Crippen LogP contribution in [0.25, 0.3) is 10.9 Å². The van der Waals surface area contributed by atoms with Crippen LogP contribution in [0.5, 0.6) is 0 Å². The zero-order valence-electron chi connectivity index (χ0n) is 17.2. The predicted octanol–water partition coefficient (Wildman–Crippen LogP) is 3.88. The Kier molecular flexibility index (Phi) is 5.75. The average Bonchev–Trinajstić information content (AvgIpc) is 3.17. The van der Waals surface area contributed by atoms with Crippen LogP contribution >= 0.6 is 0 Å². The SMILES string of the molecule is Cc1cc(C(=O)NCCc2c[nH]c3ccccc23)nc(N(C)Cc2ccccc2)n1. The number of fused-ring (bicyclic) bond motifs is 1. The fraction of sp³-hybridized carbons (Fsp3) is 0.208. The van der Waals surface area contributed by atoms with Crippen LogP contribution in [0.1, 0.15) is 27.3 Å². The summed E-state index contributed by atoms with van der Waals surface area (Å²) in [5.41, 5.74) is 4.61. The van der Waals surface area contributed by atoms with Gasteiger partial charge in [0.25, 0.3) is 5.91 Å². The number of anilines is 1. The molecule has 0 bridgehead atoms. The molecule has 2 aromatic heterocycles. The summed E-state index contributed by atoms with van der Waals surface area (Å²) in [4.78, 5) is 26.9. The molecule has 4 aromatic rings. The van der Waals surface area contributed by atoms with E-state index in [-0.39, 0.29) is 5.91 Å². The van der Waals surface area contributed by atoms with Gasteiger partial charge in [0.1, 0.15) is 5.69 Å². The summed E-state index contributed by atoms with van der Waals surface area (Å²) >= 11 is 0. The van der Waals surface area contributed by atoms with Crippen molar-refractivity contribution in [2.75, 3.05) is 18.5 Å². The van der Waals surface area contributed by atoms with E-state index in [0.29, 0.717) is 24.7 Å². The number of amides is 1. The molecule has 0 aliphatic rings. The lowest BCUT2D eigenvalue weighted by molar-refractivity contribution is 0.0949. The van der Waals surface area contributed by atoms with Crippen LogP contribution in [0.3, 0.4) is 0 Å². The van der Waals surface area contributed by atoms with Gasteiger partial charge in [0.15, 0.2) is 0 Å². The number of H-pyrrole nitrogens is 1. The molecular weight excluding hydrogens is 374 g/mol. The molecule has 2 aromatic carbocycles. The van der Waals surface area contributed by atoms with Crippen LogP contribution in [0.15, 0.2) is 66.9 Å². The quantitative estimate of drug-likeness (QED) is 0.495. The van der Waals surface area contributed by atoms with Gasteiger partial charge in [-0.3, -0.25) is 4.79 Å². The molecule has 0 aliphatic carbocycles. The molecule has 1 amide bonds. The number of para-hydroxylation sites is 1. The van der Waals surface area contributed by atoms with Crippen molar-refractivity contribution in [1.29, 1.82) is 0 Å². The maximum atomic E-state index is 12.7. The molecule has 0 radical (unpaired) electrons. The zero-order chi connectivity index (χ0) is 20.9. The molecule has 6 heteroatoms. The van der Waals surface area contributed by atoms with Gasteiger partial charge in [-0.2, -0.15) is 0 Å². The summed E-state index contributed by atoms with van der Waals surface area (Å²) in [6, 6.07) is 20.0. The van der Waals surface area contributed by atoms with Gasteiger partial charge in [0.05, 0.1) is 0 Å². The number of benzene rings is 2. The van der Waals surface area contributed by atoms with E-state index in [2.05, 4.69) is 44.5 Å². The third-order valence-corrected chi connectivity index (χ3v) is 5.03. The second-order valence-electron chi connectivity index (χ2n) is 7.40. The average molecular weight is 399 g/mol. The van der Waals surface area contributed by atoms with Gasteiger partial charge in [-0.1, -0.05) is 48.5 Å². The van der Waals surface area contributed by atoms with Crippen molar-refractivity contribution < 1.29 is 4.79 Å². The Morgan fingerprint density at radius 3 is 2.67 bits per heavy atom. The van der Waals surface area contributed by atoms with E-state index in [9.17, 15) is 4.79 Å². The van der Waals surface area contributed by atoms with E-state index in [0.717, 1.165) is 23.2 Å². The van der Waals surface area contributed by atoms with E-state index in [1.54, 1.807) is 6.07 Å². The van der Waals surface area contributed by atoms with E-state index < -0.39 is 0 Å². The smallest absolute Gasteiger partial charge is 0.270 e. The molecule has 0 fully saturated rings. The molecule has 4 rings (SSSR count). The monoisotopic (exact) mass is 399 g/mol. The highest BCUT2D eigenvalue weighted by atomic mass is 16.1. The fourth-order valence-corrected chi connectivity index (χ4v) is 3.51. The first-order chi connectivity index (χ1) is 14.6. The molecule has 152 valence electrons. The van der Waals surface area contributed by atoms with Crippen molar-refractivity contribution in [2.45, 2.75) is 19.9 Å². The summed E-state index contributed by atoms with van der Waals surface area (Å²) in [5, 5.41) is 4.17. The number of nitrogens with one attached hydrogen (secondary N) is 2. The number of carbonyl (C=O) groups excluding carboxylic acids is 1. The first-order valence-corrected chi connectivity index (χ1v) is 10.0. The van der Waals surface area contributed by atoms with E-state index in [1.165, 1.54) is 10.9 Å². The first-order valence-electron chi connectivity index (χ1n) is 10.0. The summed E-state index contributed by atoms with van der Waals surface area (Å²) in [7, 11) is 1.93. The largest absolute Gasteiger partial charge is 0.361 e. The minimum Gasteiger partial charge on any atom is -0.361 e. The van der Waals surface area contributed by atoms with Crippen LogP contribution in [0.2, 0.25) is 0 Å². The number of rotatable bonds is 7. The van der Waals surface area contributed by atoms with Gasteiger partial charge in [-0.15, -0.1) is 0 Å². The molecular formula is C24H25N5O.